The van der Waals surface area contributed by atoms with E-state index in [0.29, 0.717) is 5.95 Å². The van der Waals surface area contributed by atoms with Gasteiger partial charge in [0.2, 0.25) is 5.95 Å². The van der Waals surface area contributed by atoms with Gasteiger partial charge in [0.05, 0.1) is 21.3 Å². The Morgan fingerprint density at radius 2 is 1.74 bits per heavy atom. The number of para-hydroxylation sites is 1. The topological polar surface area (TPSA) is 50.7 Å². The van der Waals surface area contributed by atoms with Crippen molar-refractivity contribution < 1.29 is 0 Å². The van der Waals surface area contributed by atoms with E-state index in [1.54, 1.807) is 17.5 Å². The monoisotopic (exact) mass is 324 g/mol. The molecule has 0 unspecified atom stereocenters. The molecule has 0 aliphatic rings. The second-order valence-corrected chi connectivity index (χ2v) is 7.44. The highest BCUT2D eigenvalue weighted by molar-refractivity contribution is 7.15. The summed E-state index contributed by atoms with van der Waals surface area (Å²) in [6.07, 6.45) is 1.78. The van der Waals surface area contributed by atoms with Crippen molar-refractivity contribution in [1.82, 2.24) is 15.0 Å². The zero-order valence-corrected chi connectivity index (χ0v) is 14.6. The van der Waals surface area contributed by atoms with Crippen LogP contribution in [-0.2, 0) is 5.41 Å². The Balaban J connectivity index is 1.93. The molecule has 0 aliphatic heterocycles. The summed E-state index contributed by atoms with van der Waals surface area (Å²) in [7, 11) is 0. The van der Waals surface area contributed by atoms with E-state index in [2.05, 4.69) is 36.1 Å². The molecule has 5 heteroatoms. The molecule has 2 heterocycles. The first-order chi connectivity index (χ1) is 10.9. The summed E-state index contributed by atoms with van der Waals surface area (Å²) in [4.78, 5) is 14.8. The van der Waals surface area contributed by atoms with E-state index in [1.165, 1.54) is 0 Å². The highest BCUT2D eigenvalue weighted by atomic mass is 32.1. The Morgan fingerprint density at radius 3 is 2.39 bits per heavy atom. The van der Waals surface area contributed by atoms with Crippen molar-refractivity contribution in [3.05, 3.63) is 53.3 Å². The van der Waals surface area contributed by atoms with Gasteiger partial charge >= 0.3 is 0 Å². The first-order valence-corrected chi connectivity index (χ1v) is 8.38. The van der Waals surface area contributed by atoms with Gasteiger partial charge in [-0.25, -0.2) is 15.0 Å². The van der Waals surface area contributed by atoms with Crippen LogP contribution in [0.15, 0.2) is 42.6 Å². The number of aromatic nitrogens is 3. The van der Waals surface area contributed by atoms with Crippen LogP contribution in [0.3, 0.4) is 0 Å². The first kappa shape index (κ1) is 15.6. The third-order valence-electron chi connectivity index (χ3n) is 3.36. The quantitative estimate of drug-likeness (QED) is 0.740. The van der Waals surface area contributed by atoms with Crippen LogP contribution in [0.2, 0.25) is 0 Å². The third kappa shape index (κ3) is 3.56. The van der Waals surface area contributed by atoms with E-state index in [4.69, 9.17) is 4.98 Å². The molecule has 3 aromatic rings. The Morgan fingerprint density at radius 1 is 1.00 bits per heavy atom. The SMILES string of the molecule is Cc1nc(C(C)(C)C)sc1-c1ccnc(Nc2ccccc2)n1. The summed E-state index contributed by atoms with van der Waals surface area (Å²) in [5, 5.41) is 4.36. The molecule has 1 aromatic carbocycles. The molecule has 2 aromatic heterocycles. The average molecular weight is 324 g/mol. The van der Waals surface area contributed by atoms with E-state index in [9.17, 15) is 0 Å². The highest BCUT2D eigenvalue weighted by Gasteiger charge is 2.21. The minimum Gasteiger partial charge on any atom is -0.324 e. The fourth-order valence-electron chi connectivity index (χ4n) is 2.15. The molecular weight excluding hydrogens is 304 g/mol. The zero-order valence-electron chi connectivity index (χ0n) is 13.8. The lowest BCUT2D eigenvalue weighted by molar-refractivity contribution is 0.584. The van der Waals surface area contributed by atoms with Gasteiger partial charge in [0.1, 0.15) is 0 Å². The molecule has 0 bridgehead atoms. The normalized spacial score (nSPS) is 11.5. The van der Waals surface area contributed by atoms with Crippen molar-refractivity contribution in [2.24, 2.45) is 0 Å². The number of nitrogens with one attached hydrogen (secondary N) is 1. The lowest BCUT2D eigenvalue weighted by Crippen LogP contribution is -2.10. The summed E-state index contributed by atoms with van der Waals surface area (Å²) in [5.74, 6) is 0.596. The number of hydrogen-bond donors (Lipinski definition) is 1. The first-order valence-electron chi connectivity index (χ1n) is 7.57. The number of nitrogens with zero attached hydrogens (tertiary/aromatic N) is 3. The number of rotatable bonds is 3. The van der Waals surface area contributed by atoms with Crippen molar-refractivity contribution >= 4 is 23.0 Å². The minimum atomic E-state index is 0.0474. The van der Waals surface area contributed by atoms with E-state index in [1.807, 2.05) is 43.3 Å². The molecule has 0 aliphatic carbocycles. The molecule has 0 saturated carbocycles. The number of anilines is 2. The molecule has 0 radical (unpaired) electrons. The Bertz CT molecular complexity index is 803. The van der Waals surface area contributed by atoms with Crippen molar-refractivity contribution in [3.63, 3.8) is 0 Å². The number of hydrogen-bond acceptors (Lipinski definition) is 5. The fraction of sp³-hybridized carbons (Fsp3) is 0.278. The van der Waals surface area contributed by atoms with Gasteiger partial charge in [0.25, 0.3) is 0 Å². The Kier molecular flexibility index (Phi) is 4.13. The second kappa shape index (κ2) is 6.08. The van der Waals surface area contributed by atoms with Gasteiger partial charge in [-0.3, -0.25) is 0 Å². The highest BCUT2D eigenvalue weighted by Crippen LogP contribution is 2.34. The maximum atomic E-state index is 4.71. The Hall–Kier alpha value is -2.27. The summed E-state index contributed by atoms with van der Waals surface area (Å²) < 4.78 is 0. The van der Waals surface area contributed by atoms with Crippen LogP contribution >= 0.6 is 11.3 Å². The summed E-state index contributed by atoms with van der Waals surface area (Å²) in [6.45, 7) is 8.57. The van der Waals surface area contributed by atoms with E-state index >= 15 is 0 Å². The number of thiazole rings is 1. The number of benzene rings is 1. The van der Waals surface area contributed by atoms with E-state index < -0.39 is 0 Å². The van der Waals surface area contributed by atoms with Crippen LogP contribution in [0, 0.1) is 6.92 Å². The lowest BCUT2D eigenvalue weighted by Gasteiger charge is -2.13. The molecule has 0 amide bonds. The molecule has 118 valence electrons. The van der Waals surface area contributed by atoms with Crippen molar-refractivity contribution in [3.8, 4) is 10.6 Å². The van der Waals surface area contributed by atoms with Crippen LogP contribution in [0.5, 0.6) is 0 Å². The van der Waals surface area contributed by atoms with Gasteiger partial charge in [-0.05, 0) is 25.1 Å². The minimum absolute atomic E-state index is 0.0474. The fourth-order valence-corrected chi connectivity index (χ4v) is 3.24. The van der Waals surface area contributed by atoms with Crippen LogP contribution in [0.25, 0.3) is 10.6 Å². The van der Waals surface area contributed by atoms with E-state index in [0.717, 1.165) is 27.0 Å². The van der Waals surface area contributed by atoms with E-state index in [-0.39, 0.29) is 5.41 Å². The average Bonchev–Trinajstić information content (AvgIpc) is 2.91. The van der Waals surface area contributed by atoms with Crippen molar-refractivity contribution in [1.29, 1.82) is 0 Å². The molecule has 3 rings (SSSR count). The van der Waals surface area contributed by atoms with Gasteiger partial charge in [0.15, 0.2) is 0 Å². The maximum absolute atomic E-state index is 4.71. The van der Waals surface area contributed by atoms with Crippen LogP contribution in [0.4, 0.5) is 11.6 Å². The van der Waals surface area contributed by atoms with Crippen molar-refractivity contribution in [2.45, 2.75) is 33.1 Å². The molecular formula is C18H20N4S. The maximum Gasteiger partial charge on any atom is 0.227 e. The third-order valence-corrected chi connectivity index (χ3v) is 4.96. The predicted octanol–water partition coefficient (Wildman–Crippen LogP) is 4.95. The molecule has 4 nitrogen and oxygen atoms in total. The Labute approximate surface area is 140 Å². The molecule has 0 saturated heterocycles. The summed E-state index contributed by atoms with van der Waals surface area (Å²) in [5.41, 5.74) is 2.94. The standard InChI is InChI=1S/C18H20N4S/c1-12-15(23-16(20-12)18(2,3)4)14-10-11-19-17(22-14)21-13-8-6-5-7-9-13/h5-11H,1-4H3,(H,19,21,22). The summed E-state index contributed by atoms with van der Waals surface area (Å²) >= 11 is 1.71. The molecule has 1 N–H and O–H groups in total. The van der Waals surface area contributed by atoms with Crippen LogP contribution < -0.4 is 5.32 Å². The smallest absolute Gasteiger partial charge is 0.227 e. The molecule has 0 atom stereocenters. The number of aryl methyl sites for hydroxylation is 1. The van der Waals surface area contributed by atoms with Crippen LogP contribution in [-0.4, -0.2) is 15.0 Å². The van der Waals surface area contributed by atoms with Gasteiger partial charge in [0, 0.05) is 17.3 Å². The van der Waals surface area contributed by atoms with Crippen LogP contribution in [0.1, 0.15) is 31.5 Å². The molecule has 0 fully saturated rings. The van der Waals surface area contributed by atoms with Gasteiger partial charge in [-0.1, -0.05) is 39.0 Å². The zero-order chi connectivity index (χ0) is 16.4. The predicted molar refractivity (Wildman–Crippen MR) is 96.3 cm³/mol. The molecule has 23 heavy (non-hydrogen) atoms. The summed E-state index contributed by atoms with van der Waals surface area (Å²) in [6, 6.07) is 11.9. The van der Waals surface area contributed by atoms with Crippen molar-refractivity contribution in [2.75, 3.05) is 5.32 Å². The largest absolute Gasteiger partial charge is 0.324 e. The van der Waals surface area contributed by atoms with Gasteiger partial charge < -0.3 is 5.32 Å². The lowest BCUT2D eigenvalue weighted by atomic mass is 9.98. The van der Waals surface area contributed by atoms with Gasteiger partial charge in [-0.15, -0.1) is 11.3 Å². The van der Waals surface area contributed by atoms with Gasteiger partial charge in [-0.2, -0.15) is 0 Å². The molecule has 0 spiro atoms. The second-order valence-electron chi connectivity index (χ2n) is 6.44.